The lowest BCUT2D eigenvalue weighted by Gasteiger charge is -2.45. The molecule has 1 unspecified atom stereocenters. The Labute approximate surface area is 189 Å². The smallest absolute Gasteiger partial charge is 0.252 e. The maximum Gasteiger partial charge on any atom is 0.252 e. The highest BCUT2D eigenvalue weighted by molar-refractivity contribution is 5.98. The lowest BCUT2D eigenvalue weighted by molar-refractivity contribution is 0.0930. The first-order valence-electron chi connectivity index (χ1n) is 11.9. The molecule has 164 valence electrons. The van der Waals surface area contributed by atoms with Crippen LogP contribution < -0.4 is 10.6 Å². The summed E-state index contributed by atoms with van der Waals surface area (Å²) >= 11 is 0. The molecule has 4 heterocycles. The molecule has 2 aromatic carbocycles. The number of rotatable bonds is 5. The zero-order chi connectivity index (χ0) is 21.7. The predicted octanol–water partition coefficient (Wildman–Crippen LogP) is 4.47. The van der Waals surface area contributed by atoms with Crippen molar-refractivity contribution in [3.63, 3.8) is 0 Å². The fourth-order valence-electron chi connectivity index (χ4n) is 5.68. The Balaban J connectivity index is 1.24. The summed E-state index contributed by atoms with van der Waals surface area (Å²) < 4.78 is 0. The molecular formula is C27H30N4O. The van der Waals surface area contributed by atoms with Crippen molar-refractivity contribution in [3.05, 3.63) is 71.4 Å². The van der Waals surface area contributed by atoms with E-state index in [1.54, 1.807) is 0 Å². The topological polar surface area (TPSA) is 57.3 Å². The van der Waals surface area contributed by atoms with Gasteiger partial charge >= 0.3 is 0 Å². The summed E-state index contributed by atoms with van der Waals surface area (Å²) in [4.78, 5) is 20.5. The summed E-state index contributed by atoms with van der Waals surface area (Å²) in [5, 5.41) is 8.25. The van der Waals surface area contributed by atoms with E-state index in [2.05, 4.69) is 44.8 Å². The summed E-state index contributed by atoms with van der Waals surface area (Å²) in [5.41, 5.74) is 4.70. The molecular weight excluding hydrogens is 396 g/mol. The van der Waals surface area contributed by atoms with Crippen molar-refractivity contribution < 1.29 is 4.79 Å². The molecule has 2 N–H and O–H groups in total. The quantitative estimate of drug-likeness (QED) is 0.632. The number of nitrogens with zero attached hydrogens (tertiary/aromatic N) is 2. The molecule has 32 heavy (non-hydrogen) atoms. The number of pyridine rings is 1. The molecule has 0 spiro atoms. The summed E-state index contributed by atoms with van der Waals surface area (Å²) in [6.07, 6.45) is 6.33. The zero-order valence-electron chi connectivity index (χ0n) is 18.6. The molecule has 4 aliphatic rings. The van der Waals surface area contributed by atoms with E-state index in [1.165, 1.54) is 31.5 Å². The molecule has 7 rings (SSSR count). The van der Waals surface area contributed by atoms with Crippen LogP contribution in [0.3, 0.4) is 0 Å². The van der Waals surface area contributed by atoms with E-state index >= 15 is 0 Å². The normalized spacial score (nSPS) is 25.5. The van der Waals surface area contributed by atoms with Crippen molar-refractivity contribution in [1.82, 2.24) is 15.2 Å². The number of fused-ring (bicyclic) bond motifs is 4. The number of piperidine rings is 3. The first kappa shape index (κ1) is 19.7. The van der Waals surface area contributed by atoms with E-state index in [1.807, 2.05) is 37.4 Å². The Morgan fingerprint density at radius 3 is 2.66 bits per heavy atom. The van der Waals surface area contributed by atoms with Crippen LogP contribution in [-0.4, -0.2) is 41.5 Å². The Morgan fingerprint density at radius 2 is 1.91 bits per heavy atom. The highest BCUT2D eigenvalue weighted by atomic mass is 16.1. The molecule has 2 bridgehead atoms. The molecule has 1 saturated carbocycles. The molecule has 0 radical (unpaired) electrons. The molecule has 3 saturated heterocycles. The number of hydrogen-bond donors (Lipinski definition) is 2. The number of amides is 1. The zero-order valence-corrected chi connectivity index (χ0v) is 18.6. The highest BCUT2D eigenvalue weighted by Gasteiger charge is 2.47. The van der Waals surface area contributed by atoms with Crippen LogP contribution in [0.25, 0.3) is 10.9 Å². The molecule has 1 amide bonds. The van der Waals surface area contributed by atoms with E-state index in [0.29, 0.717) is 6.04 Å². The van der Waals surface area contributed by atoms with Gasteiger partial charge in [-0.05, 0) is 87.0 Å². The van der Waals surface area contributed by atoms with Gasteiger partial charge in [0, 0.05) is 35.4 Å². The number of carbonyl (C=O) groups is 1. The molecule has 5 nitrogen and oxygen atoms in total. The fourth-order valence-corrected chi connectivity index (χ4v) is 5.68. The van der Waals surface area contributed by atoms with Crippen LogP contribution >= 0.6 is 0 Å². The lowest BCUT2D eigenvalue weighted by atomic mass is 9.84. The van der Waals surface area contributed by atoms with Gasteiger partial charge in [-0.25, -0.2) is 0 Å². The number of benzene rings is 2. The predicted molar refractivity (Wildman–Crippen MR) is 128 cm³/mol. The van der Waals surface area contributed by atoms with Gasteiger partial charge < -0.3 is 15.5 Å². The average Bonchev–Trinajstić information content (AvgIpc) is 3.61. The summed E-state index contributed by atoms with van der Waals surface area (Å²) in [6.45, 7) is 5.60. The summed E-state index contributed by atoms with van der Waals surface area (Å²) in [5.74, 6) is 0.756. The van der Waals surface area contributed by atoms with Gasteiger partial charge in [0.25, 0.3) is 5.91 Å². The molecule has 1 atom stereocenters. The number of aromatic nitrogens is 1. The Hall–Kier alpha value is -2.92. The van der Waals surface area contributed by atoms with Crippen LogP contribution in [0.2, 0.25) is 0 Å². The molecule has 3 aliphatic heterocycles. The van der Waals surface area contributed by atoms with Crippen molar-refractivity contribution in [1.29, 1.82) is 0 Å². The van der Waals surface area contributed by atoms with Crippen molar-refractivity contribution in [2.75, 3.05) is 25.0 Å². The largest absolute Gasteiger partial charge is 0.381 e. The number of hydrogen-bond acceptors (Lipinski definition) is 4. The molecule has 1 aromatic heterocycles. The average molecular weight is 427 g/mol. The molecule has 1 aliphatic carbocycles. The second-order valence-electron chi connectivity index (χ2n) is 9.83. The Kier molecular flexibility index (Phi) is 4.68. The highest BCUT2D eigenvalue weighted by Crippen LogP contribution is 2.48. The van der Waals surface area contributed by atoms with Crippen LogP contribution in [0.4, 0.5) is 5.69 Å². The maximum absolute atomic E-state index is 13.4. The van der Waals surface area contributed by atoms with Gasteiger partial charge in [0.05, 0.1) is 11.1 Å². The third-order valence-corrected chi connectivity index (χ3v) is 7.76. The third-order valence-electron chi connectivity index (χ3n) is 7.76. The van der Waals surface area contributed by atoms with Gasteiger partial charge in [-0.15, -0.1) is 0 Å². The minimum atomic E-state index is -0.286. The number of nitrogens with one attached hydrogen (secondary N) is 2. The molecule has 4 fully saturated rings. The number of anilines is 1. The molecule has 5 heteroatoms. The number of para-hydroxylation sites is 1. The SMILES string of the molecule is Cc1ccc(NC2CN3CCC2CC3)cc1C(=O)NC1(c2ccnc3ccccc23)CC1. The summed E-state index contributed by atoms with van der Waals surface area (Å²) in [6, 6.07) is 17.0. The van der Waals surface area contributed by atoms with E-state index in [9.17, 15) is 4.79 Å². The first-order chi connectivity index (χ1) is 15.6. The van der Waals surface area contributed by atoms with Crippen LogP contribution in [0.1, 0.15) is 47.2 Å². The van der Waals surface area contributed by atoms with Crippen LogP contribution in [-0.2, 0) is 5.54 Å². The van der Waals surface area contributed by atoms with Gasteiger partial charge in [0.15, 0.2) is 0 Å². The van der Waals surface area contributed by atoms with E-state index in [4.69, 9.17) is 0 Å². The van der Waals surface area contributed by atoms with Crippen molar-refractivity contribution in [3.8, 4) is 0 Å². The summed E-state index contributed by atoms with van der Waals surface area (Å²) in [7, 11) is 0. The number of carbonyl (C=O) groups excluding carboxylic acids is 1. The fraction of sp³-hybridized carbons (Fsp3) is 0.407. The monoisotopic (exact) mass is 426 g/mol. The minimum absolute atomic E-state index is 0.0125. The van der Waals surface area contributed by atoms with Crippen LogP contribution in [0, 0.1) is 12.8 Å². The van der Waals surface area contributed by atoms with E-state index < -0.39 is 0 Å². The van der Waals surface area contributed by atoms with Gasteiger partial charge in [-0.2, -0.15) is 0 Å². The van der Waals surface area contributed by atoms with E-state index in [-0.39, 0.29) is 11.4 Å². The van der Waals surface area contributed by atoms with Gasteiger partial charge in [-0.1, -0.05) is 24.3 Å². The first-order valence-corrected chi connectivity index (χ1v) is 11.9. The molecule has 3 aromatic rings. The Bertz CT molecular complexity index is 1170. The van der Waals surface area contributed by atoms with Crippen molar-refractivity contribution in [2.45, 2.75) is 44.2 Å². The lowest BCUT2D eigenvalue weighted by Crippen LogP contribution is -2.53. The van der Waals surface area contributed by atoms with Gasteiger partial charge in [-0.3, -0.25) is 9.78 Å². The van der Waals surface area contributed by atoms with Gasteiger partial charge in [0.2, 0.25) is 0 Å². The van der Waals surface area contributed by atoms with Crippen molar-refractivity contribution in [2.24, 2.45) is 5.92 Å². The third kappa shape index (κ3) is 3.45. The number of aryl methyl sites for hydroxylation is 1. The van der Waals surface area contributed by atoms with Gasteiger partial charge in [0.1, 0.15) is 0 Å². The second-order valence-corrected chi connectivity index (χ2v) is 9.83. The Morgan fingerprint density at radius 1 is 1.09 bits per heavy atom. The van der Waals surface area contributed by atoms with Crippen LogP contribution in [0.15, 0.2) is 54.7 Å². The second kappa shape index (κ2) is 7.59. The van der Waals surface area contributed by atoms with E-state index in [0.717, 1.165) is 53.0 Å². The van der Waals surface area contributed by atoms with Crippen molar-refractivity contribution >= 4 is 22.5 Å². The standard InChI is InChI=1S/C27H30N4O/c1-18-6-7-20(29-25-17-31-14-9-19(25)10-15-31)16-22(18)26(32)30-27(11-12-27)23-8-13-28-24-5-3-2-4-21(23)24/h2-8,13,16,19,25,29H,9-12,14-15,17H2,1H3,(H,30,32). The maximum atomic E-state index is 13.4. The van der Waals surface area contributed by atoms with Crippen LogP contribution in [0.5, 0.6) is 0 Å². The minimum Gasteiger partial charge on any atom is -0.381 e.